The first-order valence-corrected chi connectivity index (χ1v) is 16.7. The largest absolute Gasteiger partial charge is 0.554 e. The smallest absolute Gasteiger partial charge is 0.290 e. The minimum atomic E-state index is -0.504. The number of nitrogens with one attached hydrogen (secondary N) is 2. The Labute approximate surface area is 290 Å². The van der Waals surface area contributed by atoms with Crippen LogP contribution in [0.25, 0.3) is 11.0 Å². The number of ether oxygens (including phenoxy) is 1. The van der Waals surface area contributed by atoms with Crippen LogP contribution >= 0.6 is 11.6 Å². The predicted molar refractivity (Wildman–Crippen MR) is 183 cm³/mol. The molecule has 0 spiro atoms. The van der Waals surface area contributed by atoms with Crippen molar-refractivity contribution < 1.29 is 38.7 Å². The second-order valence-corrected chi connectivity index (χ2v) is 11.5. The fourth-order valence-electron chi connectivity index (χ4n) is 5.69. The lowest BCUT2D eigenvalue weighted by Crippen LogP contribution is -2.46. The first kappa shape index (κ1) is 40.5. The fraction of sp³-hybridized carbons (Fsp3) is 0.531. The van der Waals surface area contributed by atoms with E-state index in [4.69, 9.17) is 47.6 Å². The SMILES string of the molecule is CCCCCCN1CCC(NC(=O)COc2ccc3c(c2)n(CC)c(CNC(=O)c2nc(Cl)c(N)nc2N)[n+]3CC)CC1.O=CO.O=C[O-]. The van der Waals surface area contributed by atoms with E-state index in [0.29, 0.717) is 18.8 Å². The predicted octanol–water partition coefficient (Wildman–Crippen LogP) is 1.11. The summed E-state index contributed by atoms with van der Waals surface area (Å²) in [5.74, 6) is 0.755. The number of imidazole rings is 1. The summed E-state index contributed by atoms with van der Waals surface area (Å²) in [6, 6.07) is 5.97. The van der Waals surface area contributed by atoms with Crippen LogP contribution in [-0.2, 0) is 34.0 Å². The Balaban J connectivity index is 0.00000129. The molecule has 4 rings (SSSR count). The quantitative estimate of drug-likeness (QED) is 0.0901. The van der Waals surface area contributed by atoms with Gasteiger partial charge in [-0.15, -0.1) is 0 Å². The number of nitrogen functional groups attached to an aromatic ring is 2. The van der Waals surface area contributed by atoms with Crippen molar-refractivity contribution in [2.45, 2.75) is 85.0 Å². The Kier molecular flexibility index (Phi) is 17.6. The minimum absolute atomic E-state index is 0.0324. The number of benzene rings is 1. The molecule has 0 radical (unpaired) electrons. The summed E-state index contributed by atoms with van der Waals surface area (Å²) < 4.78 is 10.1. The second-order valence-electron chi connectivity index (χ2n) is 11.1. The number of fused-ring (bicyclic) bond motifs is 1. The van der Waals surface area contributed by atoms with Gasteiger partial charge in [0.1, 0.15) is 12.3 Å². The molecular weight excluding hydrogens is 658 g/mol. The van der Waals surface area contributed by atoms with Crippen LogP contribution in [0, 0.1) is 0 Å². The number of piperidine rings is 1. The molecule has 2 amide bonds. The van der Waals surface area contributed by atoms with Crippen molar-refractivity contribution in [2.24, 2.45) is 0 Å². The van der Waals surface area contributed by atoms with Crippen LogP contribution in [0.3, 0.4) is 0 Å². The van der Waals surface area contributed by atoms with Gasteiger partial charge in [-0.3, -0.25) is 14.4 Å². The number of unbranched alkanes of at least 4 members (excludes halogenated alkanes) is 3. The summed E-state index contributed by atoms with van der Waals surface area (Å²) in [5.41, 5.74) is 13.3. The van der Waals surface area contributed by atoms with Gasteiger partial charge in [0.15, 0.2) is 40.1 Å². The Morgan fingerprint density at radius 3 is 2.41 bits per heavy atom. The number of nitrogens with zero attached hydrogens (tertiary/aromatic N) is 5. The number of likely N-dealkylation sites (tertiary alicyclic amines) is 1. The molecule has 2 aromatic heterocycles. The molecule has 17 heteroatoms. The number of aromatic nitrogens is 4. The van der Waals surface area contributed by atoms with Gasteiger partial charge in [0, 0.05) is 31.7 Å². The maximum Gasteiger partial charge on any atom is 0.290 e. The summed E-state index contributed by atoms with van der Waals surface area (Å²) in [6.07, 6.45) is 7.04. The molecule has 1 aliphatic rings. The van der Waals surface area contributed by atoms with E-state index in [1.54, 1.807) is 0 Å². The van der Waals surface area contributed by atoms with Gasteiger partial charge >= 0.3 is 0 Å². The van der Waals surface area contributed by atoms with Crippen molar-refractivity contribution in [1.29, 1.82) is 0 Å². The maximum atomic E-state index is 12.9. The highest BCUT2D eigenvalue weighted by atomic mass is 35.5. The summed E-state index contributed by atoms with van der Waals surface area (Å²) in [4.78, 5) is 52.6. The van der Waals surface area contributed by atoms with Crippen LogP contribution in [0.4, 0.5) is 11.6 Å². The van der Waals surface area contributed by atoms with E-state index in [1.807, 2.05) is 32.0 Å². The normalized spacial score (nSPS) is 13.0. The highest BCUT2D eigenvalue weighted by Gasteiger charge is 2.26. The third-order valence-electron chi connectivity index (χ3n) is 7.96. The van der Waals surface area contributed by atoms with E-state index >= 15 is 0 Å². The van der Waals surface area contributed by atoms with Gasteiger partial charge in [-0.25, -0.2) is 19.1 Å². The molecule has 1 aliphatic heterocycles. The van der Waals surface area contributed by atoms with E-state index in [2.05, 4.69) is 41.6 Å². The molecule has 1 fully saturated rings. The van der Waals surface area contributed by atoms with E-state index in [-0.39, 0.29) is 54.1 Å². The molecule has 0 atom stereocenters. The van der Waals surface area contributed by atoms with Gasteiger partial charge in [0.25, 0.3) is 24.1 Å². The highest BCUT2D eigenvalue weighted by Crippen LogP contribution is 2.22. The molecule has 7 N–H and O–H groups in total. The van der Waals surface area contributed by atoms with Crippen molar-refractivity contribution in [2.75, 3.05) is 37.7 Å². The zero-order valence-corrected chi connectivity index (χ0v) is 29.1. The molecule has 0 aliphatic carbocycles. The standard InChI is InChI=1S/C30H44ClN9O3.2CH2O2/c1-4-7-8-9-14-38-15-12-20(13-16-38)35-24(41)19-43-21-10-11-22-23(17-21)40(6-3)25(39(22)5-2)18-34-30(42)26-28(32)37-29(33)27(31)36-26;2*2-1-3/h10-11,17,20H,4-9,12-16,18-19H2,1-3H3,(H5-,32,33,34,35,37,41,42);2*1H,(H,2,3). The first-order valence-electron chi connectivity index (χ1n) is 16.3. The summed E-state index contributed by atoms with van der Waals surface area (Å²) in [7, 11) is 0. The highest BCUT2D eigenvalue weighted by molar-refractivity contribution is 6.31. The number of carbonyl (C=O) groups is 4. The number of hydrogen-bond donors (Lipinski definition) is 5. The molecule has 270 valence electrons. The topological polar surface area (TPSA) is 235 Å². The lowest BCUT2D eigenvalue weighted by atomic mass is 10.0. The zero-order chi connectivity index (χ0) is 36.3. The Morgan fingerprint density at radius 1 is 1.12 bits per heavy atom. The molecule has 3 heterocycles. The van der Waals surface area contributed by atoms with Gasteiger partial charge in [0.05, 0.1) is 13.1 Å². The van der Waals surface area contributed by atoms with Crippen molar-refractivity contribution in [3.05, 3.63) is 34.9 Å². The number of aryl methyl sites for hydroxylation is 2. The molecule has 0 saturated carbocycles. The lowest BCUT2D eigenvalue weighted by molar-refractivity contribution is -0.676. The van der Waals surface area contributed by atoms with Gasteiger partial charge in [-0.05, 0) is 51.8 Å². The Hall–Kier alpha value is -4.70. The number of carboxylic acid groups (broad SMARTS) is 2. The number of hydrogen-bond acceptors (Lipinski definition) is 11. The van der Waals surface area contributed by atoms with Crippen molar-refractivity contribution in [3.8, 4) is 5.75 Å². The zero-order valence-electron chi connectivity index (χ0n) is 28.3. The summed E-state index contributed by atoms with van der Waals surface area (Å²) in [5, 5.41) is 21.1. The van der Waals surface area contributed by atoms with Crippen molar-refractivity contribution in [3.63, 3.8) is 0 Å². The molecule has 16 nitrogen and oxygen atoms in total. The van der Waals surface area contributed by atoms with Gasteiger partial charge < -0.3 is 46.7 Å². The summed E-state index contributed by atoms with van der Waals surface area (Å²) in [6.45, 7) is 10.3. The maximum absolute atomic E-state index is 12.9. The van der Waals surface area contributed by atoms with E-state index in [0.717, 1.165) is 49.3 Å². The Bertz CT molecular complexity index is 1520. The third kappa shape index (κ3) is 12.0. The molecule has 1 aromatic carbocycles. The first-order chi connectivity index (χ1) is 23.6. The van der Waals surface area contributed by atoms with Gasteiger partial charge in [-0.2, -0.15) is 0 Å². The number of anilines is 2. The van der Waals surface area contributed by atoms with Crippen LogP contribution in [0.2, 0.25) is 5.15 Å². The summed E-state index contributed by atoms with van der Waals surface area (Å²) >= 11 is 5.95. The number of nitrogens with two attached hydrogens (primary N) is 2. The molecule has 49 heavy (non-hydrogen) atoms. The van der Waals surface area contributed by atoms with E-state index in [9.17, 15) is 9.59 Å². The number of amides is 2. The Morgan fingerprint density at radius 2 is 1.80 bits per heavy atom. The molecule has 1 saturated heterocycles. The average Bonchev–Trinajstić information content (AvgIpc) is 3.39. The molecule has 0 unspecified atom stereocenters. The van der Waals surface area contributed by atoms with E-state index in [1.165, 1.54) is 25.7 Å². The number of carbonyl (C=O) groups excluding carboxylic acids is 3. The monoisotopic (exact) mass is 705 g/mol. The van der Waals surface area contributed by atoms with Gasteiger partial charge in [-0.1, -0.05) is 37.8 Å². The third-order valence-corrected chi connectivity index (χ3v) is 8.24. The number of halogens is 1. The van der Waals surface area contributed by atoms with Crippen molar-refractivity contribution >= 4 is 59.0 Å². The molecule has 3 aromatic rings. The van der Waals surface area contributed by atoms with Crippen LogP contribution in [0.15, 0.2) is 18.2 Å². The number of rotatable bonds is 14. The second kappa shape index (κ2) is 21.3. The van der Waals surface area contributed by atoms with Crippen LogP contribution in [0.1, 0.15) is 75.6 Å². The van der Waals surface area contributed by atoms with Crippen LogP contribution in [-0.4, -0.2) is 81.6 Å². The van der Waals surface area contributed by atoms with Gasteiger partial charge in [0.2, 0.25) is 0 Å². The van der Waals surface area contributed by atoms with E-state index < -0.39 is 12.4 Å². The van der Waals surface area contributed by atoms with Crippen LogP contribution < -0.4 is 36.5 Å². The lowest BCUT2D eigenvalue weighted by Gasteiger charge is -2.32. The van der Waals surface area contributed by atoms with Crippen molar-refractivity contribution in [1.82, 2.24) is 30.1 Å². The fourth-order valence-corrected chi connectivity index (χ4v) is 5.82. The average molecular weight is 706 g/mol. The molecular formula is C32H48ClN9O7. The van der Waals surface area contributed by atoms with Crippen LogP contribution in [0.5, 0.6) is 5.75 Å². The molecule has 0 bridgehead atoms. The minimum Gasteiger partial charge on any atom is -0.554 e.